The molecule has 3 aromatic carbocycles. The molecular weight excluding hydrogens is 434 g/mol. The van der Waals surface area contributed by atoms with Crippen molar-refractivity contribution in [2.45, 2.75) is 25.3 Å². The number of carbonyl (C=O) groups is 1. The molecule has 4 N–H and O–H groups in total. The number of carboxylic acids is 1. The lowest BCUT2D eigenvalue weighted by molar-refractivity contribution is -0.143. The zero-order valence-corrected chi connectivity index (χ0v) is 18.9. The first kappa shape index (κ1) is 23.0. The highest BCUT2D eigenvalue weighted by atomic mass is 16.5. The maximum Gasteiger partial charge on any atom is 0.324 e. The fourth-order valence-corrected chi connectivity index (χ4v) is 3.65. The number of rotatable bonds is 8. The van der Waals surface area contributed by atoms with Gasteiger partial charge >= 0.3 is 5.97 Å². The number of aromatic nitrogens is 2. The van der Waals surface area contributed by atoms with Crippen LogP contribution in [0.3, 0.4) is 0 Å². The molecule has 4 aromatic rings. The zero-order chi connectivity index (χ0) is 24.3. The Hall–Kier alpha value is -4.17. The molecule has 0 spiro atoms. The molecule has 0 amide bonds. The minimum Gasteiger partial charge on any atom is -0.508 e. The molecule has 0 bridgehead atoms. The second-order valence-electron chi connectivity index (χ2n) is 8.07. The van der Waals surface area contributed by atoms with Crippen LogP contribution in [0.5, 0.6) is 11.5 Å². The van der Waals surface area contributed by atoms with Crippen molar-refractivity contribution < 1.29 is 24.3 Å². The molecule has 0 aliphatic heterocycles. The van der Waals surface area contributed by atoms with Crippen LogP contribution in [0.25, 0.3) is 34.0 Å². The maximum absolute atomic E-state index is 11.5. The van der Waals surface area contributed by atoms with Gasteiger partial charge in [0.1, 0.15) is 17.0 Å². The summed E-state index contributed by atoms with van der Waals surface area (Å²) in [6.07, 6.45) is 0.550. The van der Waals surface area contributed by atoms with Crippen LogP contribution in [0.4, 0.5) is 0 Å². The van der Waals surface area contributed by atoms with E-state index in [0.717, 1.165) is 27.8 Å². The van der Waals surface area contributed by atoms with Crippen molar-refractivity contribution >= 4 is 5.97 Å². The number of aliphatic carboxylic acids is 1. The van der Waals surface area contributed by atoms with Gasteiger partial charge in [-0.15, -0.1) is 0 Å². The van der Waals surface area contributed by atoms with Crippen LogP contribution in [0, 0.1) is 0 Å². The minimum atomic E-state index is -1.30. The van der Waals surface area contributed by atoms with Crippen LogP contribution < -0.4 is 10.5 Å². The summed E-state index contributed by atoms with van der Waals surface area (Å²) in [4.78, 5) is 16.0. The summed E-state index contributed by atoms with van der Waals surface area (Å²) in [6, 6.07) is 19.7. The number of hydrogen-bond donors (Lipinski definition) is 3. The predicted octanol–water partition coefficient (Wildman–Crippen LogP) is 4.52. The normalized spacial score (nSPS) is 12.8. The number of benzene rings is 3. The molecule has 0 aliphatic carbocycles. The molecule has 4 rings (SSSR count). The Morgan fingerprint density at radius 3 is 2.29 bits per heavy atom. The molecule has 174 valence electrons. The van der Waals surface area contributed by atoms with Gasteiger partial charge in [0.15, 0.2) is 0 Å². The number of nitrogens with zero attached hydrogens (tertiary/aromatic N) is 2. The van der Waals surface area contributed by atoms with Gasteiger partial charge < -0.3 is 25.2 Å². The molecule has 0 aliphatic rings. The van der Waals surface area contributed by atoms with E-state index in [9.17, 15) is 15.0 Å². The molecule has 0 fully saturated rings. The molecule has 0 saturated heterocycles. The summed E-state index contributed by atoms with van der Waals surface area (Å²) in [7, 11) is 1.60. The van der Waals surface area contributed by atoms with Gasteiger partial charge in [-0.25, -0.2) is 0 Å². The molecule has 1 atom stereocenters. The van der Waals surface area contributed by atoms with Crippen LogP contribution in [-0.2, 0) is 11.2 Å². The van der Waals surface area contributed by atoms with E-state index in [4.69, 9.17) is 15.0 Å². The molecule has 34 heavy (non-hydrogen) atoms. The Morgan fingerprint density at radius 2 is 1.68 bits per heavy atom. The van der Waals surface area contributed by atoms with Gasteiger partial charge in [-0.2, -0.15) is 4.98 Å². The summed E-state index contributed by atoms with van der Waals surface area (Å²) in [5.41, 5.74) is 8.67. The maximum atomic E-state index is 11.5. The Bertz CT molecular complexity index is 1300. The van der Waals surface area contributed by atoms with Crippen LogP contribution in [0.15, 0.2) is 71.3 Å². The van der Waals surface area contributed by atoms with Gasteiger partial charge in [-0.1, -0.05) is 48.5 Å². The van der Waals surface area contributed by atoms with E-state index in [1.165, 1.54) is 0 Å². The standard InChI is InChI=1S/C26H25N3O5/c1-3-26(27,25(31)32)15-16-4-6-18(7-5-16)23-28-24(34-29-23)19-10-13-22(33-2)21(14-19)17-8-11-20(30)12-9-17/h4-14,30H,3,15,27H2,1-2H3,(H,31,32)/t26-/m0/s1. The lowest BCUT2D eigenvalue weighted by atomic mass is 9.89. The number of ether oxygens (including phenoxy) is 1. The average molecular weight is 460 g/mol. The number of aromatic hydroxyl groups is 1. The number of hydrogen-bond acceptors (Lipinski definition) is 7. The summed E-state index contributed by atoms with van der Waals surface area (Å²) in [6.45, 7) is 1.76. The Kier molecular flexibility index (Phi) is 6.34. The molecular formula is C26H25N3O5. The van der Waals surface area contributed by atoms with E-state index in [-0.39, 0.29) is 12.2 Å². The van der Waals surface area contributed by atoms with E-state index in [1.807, 2.05) is 42.5 Å². The first-order chi connectivity index (χ1) is 16.3. The van der Waals surface area contributed by atoms with Crippen molar-refractivity contribution in [2.24, 2.45) is 5.73 Å². The molecule has 0 saturated carbocycles. The van der Waals surface area contributed by atoms with Crippen molar-refractivity contribution in [3.05, 3.63) is 72.3 Å². The van der Waals surface area contributed by atoms with Crippen molar-refractivity contribution in [2.75, 3.05) is 7.11 Å². The molecule has 0 unspecified atom stereocenters. The second kappa shape index (κ2) is 9.36. The second-order valence-corrected chi connectivity index (χ2v) is 8.07. The van der Waals surface area contributed by atoms with Gasteiger partial charge in [0.25, 0.3) is 5.89 Å². The van der Waals surface area contributed by atoms with Crippen molar-refractivity contribution in [3.8, 4) is 45.5 Å². The quantitative estimate of drug-likeness (QED) is 0.350. The summed E-state index contributed by atoms with van der Waals surface area (Å²) in [5, 5.41) is 23.1. The Morgan fingerprint density at radius 1 is 1.03 bits per heavy atom. The number of methoxy groups -OCH3 is 1. The highest BCUT2D eigenvalue weighted by molar-refractivity contribution is 5.79. The minimum absolute atomic E-state index is 0.182. The molecule has 1 aromatic heterocycles. The molecule has 8 nitrogen and oxygen atoms in total. The summed E-state index contributed by atoms with van der Waals surface area (Å²) in [5.74, 6) is 0.597. The first-order valence-electron chi connectivity index (χ1n) is 10.8. The number of phenols is 1. The summed E-state index contributed by atoms with van der Waals surface area (Å²) >= 11 is 0. The van der Waals surface area contributed by atoms with Gasteiger partial charge in [0.2, 0.25) is 5.82 Å². The van der Waals surface area contributed by atoms with E-state index >= 15 is 0 Å². The fourth-order valence-electron chi connectivity index (χ4n) is 3.65. The highest BCUT2D eigenvalue weighted by Crippen LogP contribution is 2.35. The van der Waals surface area contributed by atoms with Crippen molar-refractivity contribution in [1.82, 2.24) is 10.1 Å². The third-order valence-corrected chi connectivity index (χ3v) is 5.84. The number of phenolic OH excluding ortho intramolecular Hbond substituents is 1. The van der Waals surface area contributed by atoms with E-state index in [2.05, 4.69) is 10.1 Å². The number of nitrogens with two attached hydrogens (primary N) is 1. The zero-order valence-electron chi connectivity index (χ0n) is 18.9. The van der Waals surface area contributed by atoms with Crippen LogP contribution in [-0.4, -0.2) is 39.0 Å². The van der Waals surface area contributed by atoms with Gasteiger partial charge in [0, 0.05) is 23.1 Å². The van der Waals surface area contributed by atoms with Crippen LogP contribution in [0.1, 0.15) is 18.9 Å². The van der Waals surface area contributed by atoms with E-state index in [0.29, 0.717) is 23.9 Å². The van der Waals surface area contributed by atoms with Crippen molar-refractivity contribution in [1.29, 1.82) is 0 Å². The molecule has 1 heterocycles. The number of carboxylic acid groups (broad SMARTS) is 1. The fraction of sp³-hybridized carbons (Fsp3) is 0.192. The molecule has 0 radical (unpaired) electrons. The largest absolute Gasteiger partial charge is 0.508 e. The topological polar surface area (TPSA) is 132 Å². The van der Waals surface area contributed by atoms with Gasteiger partial charge in [-0.05, 0) is 47.9 Å². The van der Waals surface area contributed by atoms with E-state index in [1.54, 1.807) is 38.3 Å². The van der Waals surface area contributed by atoms with Crippen LogP contribution in [0.2, 0.25) is 0 Å². The SMILES string of the molecule is CC[C@](N)(Cc1ccc(-c2noc(-c3ccc(OC)c(-c4ccc(O)cc4)c3)n2)cc1)C(=O)O. The average Bonchev–Trinajstić information content (AvgIpc) is 3.35. The lowest BCUT2D eigenvalue weighted by Crippen LogP contribution is -2.49. The first-order valence-corrected chi connectivity index (χ1v) is 10.8. The third-order valence-electron chi connectivity index (χ3n) is 5.84. The summed E-state index contributed by atoms with van der Waals surface area (Å²) < 4.78 is 11.0. The van der Waals surface area contributed by atoms with E-state index < -0.39 is 11.5 Å². The van der Waals surface area contributed by atoms with Crippen LogP contribution >= 0.6 is 0 Å². The Labute approximate surface area is 196 Å². The van der Waals surface area contributed by atoms with Gasteiger partial charge in [-0.3, -0.25) is 4.79 Å². The molecule has 8 heteroatoms. The van der Waals surface area contributed by atoms with Gasteiger partial charge in [0.05, 0.1) is 7.11 Å². The smallest absolute Gasteiger partial charge is 0.324 e. The van der Waals surface area contributed by atoms with Crippen molar-refractivity contribution in [3.63, 3.8) is 0 Å². The monoisotopic (exact) mass is 459 g/mol. The third kappa shape index (κ3) is 4.62. The Balaban J connectivity index is 1.59. The lowest BCUT2D eigenvalue weighted by Gasteiger charge is -2.22. The highest BCUT2D eigenvalue weighted by Gasteiger charge is 2.32. The predicted molar refractivity (Wildman–Crippen MR) is 127 cm³/mol.